The number of carbonyl (C=O) groups excluding carboxylic acids is 1. The lowest BCUT2D eigenvalue weighted by Crippen LogP contribution is -2.55. The van der Waals surface area contributed by atoms with Crippen LogP contribution in [0.15, 0.2) is 12.1 Å². The molecular weight excluding hydrogens is 320 g/mol. The predicted octanol–water partition coefficient (Wildman–Crippen LogP) is 2.04. The van der Waals surface area contributed by atoms with Crippen LogP contribution >= 0.6 is 0 Å². The molecule has 1 amide bonds. The fourth-order valence-corrected chi connectivity index (χ4v) is 3.48. The standard InChI is InChI=1S/C19H28N2O4/c1-5-21(10-18(23)24)16-8-15(9-16)20-17(22)11-25-19-13(3)6-12(2)7-14(19)4/h6-7,15-16H,5,8-11H2,1-4H3,(H,20,22)(H,23,24). The fourth-order valence-electron chi connectivity index (χ4n) is 3.48. The number of ether oxygens (including phenoxy) is 1. The molecule has 0 radical (unpaired) electrons. The van der Waals surface area contributed by atoms with Crippen LogP contribution in [0.4, 0.5) is 0 Å². The van der Waals surface area contributed by atoms with Crippen molar-refractivity contribution in [1.82, 2.24) is 10.2 Å². The van der Waals surface area contributed by atoms with Gasteiger partial charge in [-0.05, 0) is 51.3 Å². The number of carbonyl (C=O) groups is 2. The van der Waals surface area contributed by atoms with Gasteiger partial charge >= 0.3 is 5.97 Å². The van der Waals surface area contributed by atoms with Gasteiger partial charge in [-0.2, -0.15) is 0 Å². The summed E-state index contributed by atoms with van der Waals surface area (Å²) in [5.41, 5.74) is 3.23. The van der Waals surface area contributed by atoms with Crippen LogP contribution in [0, 0.1) is 20.8 Å². The maximum absolute atomic E-state index is 12.1. The predicted molar refractivity (Wildman–Crippen MR) is 96.0 cm³/mol. The maximum atomic E-state index is 12.1. The van der Waals surface area contributed by atoms with Crippen LogP contribution in [-0.4, -0.2) is 53.7 Å². The second-order valence-electron chi connectivity index (χ2n) is 6.86. The summed E-state index contributed by atoms with van der Waals surface area (Å²) >= 11 is 0. The van der Waals surface area contributed by atoms with Gasteiger partial charge in [0.05, 0.1) is 6.54 Å². The minimum Gasteiger partial charge on any atom is -0.483 e. The van der Waals surface area contributed by atoms with Crippen molar-refractivity contribution in [3.8, 4) is 5.75 Å². The Morgan fingerprint density at radius 3 is 2.36 bits per heavy atom. The number of carboxylic acids is 1. The maximum Gasteiger partial charge on any atom is 0.317 e. The summed E-state index contributed by atoms with van der Waals surface area (Å²) in [6.45, 7) is 8.70. The molecule has 1 aromatic rings. The molecule has 0 bridgehead atoms. The van der Waals surface area contributed by atoms with E-state index in [2.05, 4.69) is 5.32 Å². The first-order valence-electron chi connectivity index (χ1n) is 8.76. The molecule has 1 aromatic carbocycles. The lowest BCUT2D eigenvalue weighted by atomic mass is 9.85. The number of nitrogens with one attached hydrogen (secondary N) is 1. The Hall–Kier alpha value is -2.08. The third-order valence-corrected chi connectivity index (χ3v) is 4.69. The summed E-state index contributed by atoms with van der Waals surface area (Å²) in [7, 11) is 0. The van der Waals surface area contributed by atoms with Gasteiger partial charge in [0.1, 0.15) is 5.75 Å². The van der Waals surface area contributed by atoms with Gasteiger partial charge in [-0.3, -0.25) is 14.5 Å². The molecule has 6 nitrogen and oxygen atoms in total. The normalized spacial score (nSPS) is 19.4. The number of nitrogens with zero attached hydrogens (tertiary/aromatic N) is 1. The van der Waals surface area contributed by atoms with Gasteiger partial charge in [0.2, 0.25) is 0 Å². The van der Waals surface area contributed by atoms with E-state index in [0.717, 1.165) is 29.7 Å². The van der Waals surface area contributed by atoms with Crippen molar-refractivity contribution in [2.24, 2.45) is 0 Å². The molecule has 0 unspecified atom stereocenters. The van der Waals surface area contributed by atoms with Crippen molar-refractivity contribution < 1.29 is 19.4 Å². The Labute approximate surface area is 149 Å². The molecule has 1 fully saturated rings. The molecule has 25 heavy (non-hydrogen) atoms. The van der Waals surface area contributed by atoms with Crippen LogP contribution in [0.5, 0.6) is 5.75 Å². The van der Waals surface area contributed by atoms with Crippen molar-refractivity contribution in [2.75, 3.05) is 19.7 Å². The summed E-state index contributed by atoms with van der Waals surface area (Å²) in [5.74, 6) is -0.179. The molecule has 2 rings (SSSR count). The molecule has 0 aromatic heterocycles. The van der Waals surface area contributed by atoms with E-state index < -0.39 is 5.97 Å². The Morgan fingerprint density at radius 2 is 1.84 bits per heavy atom. The first kappa shape index (κ1) is 19.2. The van der Waals surface area contributed by atoms with E-state index >= 15 is 0 Å². The molecule has 6 heteroatoms. The van der Waals surface area contributed by atoms with E-state index in [0.29, 0.717) is 6.54 Å². The highest BCUT2D eigenvalue weighted by Crippen LogP contribution is 2.26. The highest BCUT2D eigenvalue weighted by atomic mass is 16.5. The van der Waals surface area contributed by atoms with E-state index in [1.54, 1.807) is 0 Å². The summed E-state index contributed by atoms with van der Waals surface area (Å²) in [6, 6.07) is 4.41. The van der Waals surface area contributed by atoms with Gasteiger partial charge in [-0.1, -0.05) is 24.6 Å². The molecule has 0 aliphatic heterocycles. The highest BCUT2D eigenvalue weighted by Gasteiger charge is 2.34. The summed E-state index contributed by atoms with van der Waals surface area (Å²) < 4.78 is 5.70. The third kappa shape index (κ3) is 5.19. The minimum atomic E-state index is -0.813. The topological polar surface area (TPSA) is 78.9 Å². The average molecular weight is 348 g/mol. The van der Waals surface area contributed by atoms with Crippen molar-refractivity contribution in [3.63, 3.8) is 0 Å². The zero-order valence-corrected chi connectivity index (χ0v) is 15.5. The molecule has 0 spiro atoms. The number of hydrogen-bond acceptors (Lipinski definition) is 4. The van der Waals surface area contributed by atoms with E-state index in [-0.39, 0.29) is 31.1 Å². The zero-order valence-electron chi connectivity index (χ0n) is 15.5. The van der Waals surface area contributed by atoms with Crippen molar-refractivity contribution >= 4 is 11.9 Å². The van der Waals surface area contributed by atoms with Crippen LogP contribution in [0.1, 0.15) is 36.5 Å². The van der Waals surface area contributed by atoms with Crippen LogP contribution in [0.3, 0.4) is 0 Å². The van der Waals surface area contributed by atoms with E-state index in [9.17, 15) is 9.59 Å². The molecule has 1 aliphatic carbocycles. The Morgan fingerprint density at radius 1 is 1.24 bits per heavy atom. The van der Waals surface area contributed by atoms with E-state index in [1.165, 1.54) is 5.56 Å². The quantitative estimate of drug-likeness (QED) is 0.752. The molecule has 2 N–H and O–H groups in total. The number of benzene rings is 1. The highest BCUT2D eigenvalue weighted by molar-refractivity contribution is 5.78. The van der Waals surface area contributed by atoms with Gasteiger partial charge in [-0.15, -0.1) is 0 Å². The largest absolute Gasteiger partial charge is 0.483 e. The molecular formula is C19H28N2O4. The average Bonchev–Trinajstić information content (AvgIpc) is 2.47. The van der Waals surface area contributed by atoms with Gasteiger partial charge in [0, 0.05) is 12.1 Å². The zero-order chi connectivity index (χ0) is 18.6. The molecule has 1 aliphatic rings. The van der Waals surface area contributed by atoms with Gasteiger partial charge in [0.15, 0.2) is 6.61 Å². The fraction of sp³-hybridized carbons (Fsp3) is 0.579. The third-order valence-electron chi connectivity index (χ3n) is 4.69. The van der Waals surface area contributed by atoms with Crippen LogP contribution in [0.25, 0.3) is 0 Å². The smallest absolute Gasteiger partial charge is 0.317 e. The summed E-state index contributed by atoms with van der Waals surface area (Å²) in [6.07, 6.45) is 1.57. The SMILES string of the molecule is CCN(CC(=O)O)C1CC(NC(=O)COc2c(C)cc(C)cc2C)C1. The molecule has 0 saturated heterocycles. The first-order chi connectivity index (χ1) is 11.8. The van der Waals surface area contributed by atoms with Crippen LogP contribution in [0.2, 0.25) is 0 Å². The van der Waals surface area contributed by atoms with Crippen molar-refractivity contribution in [1.29, 1.82) is 0 Å². The number of amides is 1. The number of carboxylic acid groups (broad SMARTS) is 1. The Bertz CT molecular complexity index is 615. The second kappa shape index (κ2) is 8.34. The molecule has 0 atom stereocenters. The number of likely N-dealkylation sites (N-methyl/N-ethyl adjacent to an activating group) is 1. The van der Waals surface area contributed by atoms with Gasteiger partial charge in [-0.25, -0.2) is 0 Å². The number of aliphatic carboxylic acids is 1. The number of aryl methyl sites for hydroxylation is 3. The van der Waals surface area contributed by atoms with Crippen molar-refractivity contribution in [2.45, 2.75) is 52.6 Å². The molecule has 138 valence electrons. The second-order valence-corrected chi connectivity index (χ2v) is 6.86. The van der Waals surface area contributed by atoms with E-state index in [1.807, 2.05) is 44.7 Å². The number of hydrogen-bond donors (Lipinski definition) is 2. The van der Waals surface area contributed by atoms with Gasteiger partial charge in [0.25, 0.3) is 5.91 Å². The molecule has 1 saturated carbocycles. The van der Waals surface area contributed by atoms with Gasteiger partial charge < -0.3 is 15.2 Å². The lowest BCUT2D eigenvalue weighted by Gasteiger charge is -2.42. The Balaban J connectivity index is 1.77. The Kier molecular flexibility index (Phi) is 6.42. The summed E-state index contributed by atoms with van der Waals surface area (Å²) in [5, 5.41) is 11.9. The van der Waals surface area contributed by atoms with Crippen molar-refractivity contribution in [3.05, 3.63) is 28.8 Å². The number of rotatable bonds is 8. The van der Waals surface area contributed by atoms with E-state index in [4.69, 9.17) is 9.84 Å². The van der Waals surface area contributed by atoms with Crippen LogP contribution < -0.4 is 10.1 Å². The lowest BCUT2D eigenvalue weighted by molar-refractivity contribution is -0.139. The first-order valence-corrected chi connectivity index (χ1v) is 8.76. The molecule has 0 heterocycles. The minimum absolute atomic E-state index is 0.00146. The monoisotopic (exact) mass is 348 g/mol. The summed E-state index contributed by atoms with van der Waals surface area (Å²) in [4.78, 5) is 24.9. The van der Waals surface area contributed by atoms with Crippen LogP contribution in [-0.2, 0) is 9.59 Å².